The monoisotopic (exact) mass is 328 g/mol. The molecule has 0 bridgehead atoms. The normalized spacial score (nSPS) is 19.0. The molecule has 2 heterocycles. The molecule has 1 saturated heterocycles. The summed E-state index contributed by atoms with van der Waals surface area (Å²) in [6, 6.07) is 10.2. The average Bonchev–Trinajstić information content (AvgIpc) is 2.75. The molecule has 0 radical (unpaired) electrons. The highest BCUT2D eigenvalue weighted by atomic mass is 32.2. The lowest BCUT2D eigenvalue weighted by atomic mass is 9.78. The van der Waals surface area contributed by atoms with Gasteiger partial charge in [-0.1, -0.05) is 36.0 Å². The van der Waals surface area contributed by atoms with Gasteiger partial charge in [-0.05, 0) is 44.8 Å². The molecule has 1 aromatic heterocycles. The smallest absolute Gasteiger partial charge is 0.399 e. The first-order valence-corrected chi connectivity index (χ1v) is 8.70. The second-order valence-electron chi connectivity index (χ2n) is 6.65. The standard InChI is InChI=1S/C17H21BN2O2S/c1-16(2)17(3,4)22-18(21-16)14-8-5-7-13(11-14)12-23-15-19-9-6-10-20-15/h5-11H,12H2,1-4H3. The van der Waals surface area contributed by atoms with Gasteiger partial charge < -0.3 is 9.31 Å². The molecule has 6 heteroatoms. The molecule has 0 atom stereocenters. The van der Waals surface area contributed by atoms with E-state index in [1.165, 1.54) is 5.56 Å². The maximum Gasteiger partial charge on any atom is 0.494 e. The van der Waals surface area contributed by atoms with E-state index in [-0.39, 0.29) is 18.3 Å². The van der Waals surface area contributed by atoms with Gasteiger partial charge in [-0.2, -0.15) is 0 Å². The van der Waals surface area contributed by atoms with Gasteiger partial charge in [0.05, 0.1) is 11.2 Å². The van der Waals surface area contributed by atoms with E-state index in [1.54, 1.807) is 24.2 Å². The van der Waals surface area contributed by atoms with E-state index in [9.17, 15) is 0 Å². The zero-order valence-corrected chi connectivity index (χ0v) is 14.8. The summed E-state index contributed by atoms with van der Waals surface area (Å²) in [4.78, 5) is 8.47. The predicted molar refractivity (Wildman–Crippen MR) is 93.8 cm³/mol. The van der Waals surface area contributed by atoms with E-state index in [1.807, 2.05) is 12.1 Å². The van der Waals surface area contributed by atoms with Crippen LogP contribution in [0.15, 0.2) is 47.9 Å². The van der Waals surface area contributed by atoms with E-state index >= 15 is 0 Å². The Labute approximate surface area is 142 Å². The second kappa shape index (κ2) is 6.26. The van der Waals surface area contributed by atoms with Crippen LogP contribution in [-0.4, -0.2) is 28.3 Å². The van der Waals surface area contributed by atoms with E-state index < -0.39 is 0 Å². The molecular weight excluding hydrogens is 307 g/mol. The number of hydrogen-bond acceptors (Lipinski definition) is 5. The van der Waals surface area contributed by atoms with Crippen molar-refractivity contribution in [2.45, 2.75) is 49.8 Å². The number of thioether (sulfide) groups is 1. The first kappa shape index (κ1) is 16.5. The maximum absolute atomic E-state index is 6.11. The summed E-state index contributed by atoms with van der Waals surface area (Å²) in [5.41, 5.74) is 1.62. The lowest BCUT2D eigenvalue weighted by molar-refractivity contribution is 0.00578. The fraction of sp³-hybridized carbons (Fsp3) is 0.412. The highest BCUT2D eigenvalue weighted by Crippen LogP contribution is 2.36. The van der Waals surface area contributed by atoms with Crippen molar-refractivity contribution in [3.8, 4) is 0 Å². The first-order valence-electron chi connectivity index (χ1n) is 7.72. The number of hydrogen-bond donors (Lipinski definition) is 0. The minimum absolute atomic E-state index is 0.319. The van der Waals surface area contributed by atoms with Gasteiger partial charge in [-0.15, -0.1) is 0 Å². The third-order valence-corrected chi connectivity index (χ3v) is 5.33. The van der Waals surface area contributed by atoms with Crippen LogP contribution in [0.4, 0.5) is 0 Å². The van der Waals surface area contributed by atoms with Crippen LogP contribution in [-0.2, 0) is 15.1 Å². The van der Waals surface area contributed by atoms with Gasteiger partial charge >= 0.3 is 7.12 Å². The Hall–Kier alpha value is -1.37. The molecule has 23 heavy (non-hydrogen) atoms. The molecule has 0 amide bonds. The Morgan fingerprint density at radius 2 is 1.65 bits per heavy atom. The van der Waals surface area contributed by atoms with Gasteiger partial charge in [-0.3, -0.25) is 0 Å². The van der Waals surface area contributed by atoms with Gasteiger partial charge in [0, 0.05) is 18.1 Å². The highest BCUT2D eigenvalue weighted by Gasteiger charge is 2.51. The maximum atomic E-state index is 6.11. The van der Waals surface area contributed by atoms with Gasteiger partial charge in [-0.25, -0.2) is 9.97 Å². The highest BCUT2D eigenvalue weighted by molar-refractivity contribution is 7.98. The summed E-state index contributed by atoms with van der Waals surface area (Å²) in [5, 5.41) is 0.786. The van der Waals surface area contributed by atoms with Crippen molar-refractivity contribution in [2.75, 3.05) is 0 Å². The lowest BCUT2D eigenvalue weighted by Gasteiger charge is -2.32. The van der Waals surface area contributed by atoms with Crippen molar-refractivity contribution in [3.63, 3.8) is 0 Å². The quantitative estimate of drug-likeness (QED) is 0.490. The van der Waals surface area contributed by atoms with Crippen molar-refractivity contribution >= 4 is 24.3 Å². The van der Waals surface area contributed by atoms with Crippen LogP contribution in [0.2, 0.25) is 0 Å². The number of rotatable bonds is 4. The minimum atomic E-state index is -0.321. The molecule has 0 unspecified atom stereocenters. The molecule has 1 aromatic carbocycles. The van der Waals surface area contributed by atoms with Crippen molar-refractivity contribution < 1.29 is 9.31 Å². The van der Waals surface area contributed by atoms with E-state index in [2.05, 4.69) is 55.9 Å². The van der Waals surface area contributed by atoms with Gasteiger partial charge in [0.1, 0.15) is 0 Å². The zero-order valence-electron chi connectivity index (χ0n) is 13.9. The molecule has 1 aliphatic rings. The summed E-state index contributed by atoms with van der Waals surface area (Å²) in [7, 11) is -0.321. The van der Waals surface area contributed by atoms with Crippen LogP contribution in [0.5, 0.6) is 0 Å². The number of nitrogens with zero attached hydrogens (tertiary/aromatic N) is 2. The molecule has 0 aliphatic carbocycles. The summed E-state index contributed by atoms with van der Waals surface area (Å²) in [6.07, 6.45) is 3.52. The molecule has 0 spiro atoms. The molecule has 4 nitrogen and oxygen atoms in total. The van der Waals surface area contributed by atoms with Crippen LogP contribution in [0.25, 0.3) is 0 Å². The van der Waals surface area contributed by atoms with E-state index in [4.69, 9.17) is 9.31 Å². The van der Waals surface area contributed by atoms with Crippen LogP contribution in [0.3, 0.4) is 0 Å². The lowest BCUT2D eigenvalue weighted by Crippen LogP contribution is -2.41. The zero-order chi connectivity index (χ0) is 16.5. The fourth-order valence-corrected chi connectivity index (χ4v) is 3.06. The van der Waals surface area contributed by atoms with Gasteiger partial charge in [0.25, 0.3) is 0 Å². The largest absolute Gasteiger partial charge is 0.494 e. The Balaban J connectivity index is 1.71. The second-order valence-corrected chi connectivity index (χ2v) is 7.60. The molecular formula is C17H21BN2O2S. The molecule has 1 aliphatic heterocycles. The summed E-state index contributed by atoms with van der Waals surface area (Å²) >= 11 is 1.62. The van der Waals surface area contributed by atoms with Crippen LogP contribution >= 0.6 is 11.8 Å². The Bertz CT molecular complexity index is 663. The van der Waals surface area contributed by atoms with E-state index in [0.717, 1.165) is 16.4 Å². The van der Waals surface area contributed by atoms with Crippen LogP contribution in [0.1, 0.15) is 33.3 Å². The van der Waals surface area contributed by atoms with Crippen molar-refractivity contribution in [2.24, 2.45) is 0 Å². The average molecular weight is 328 g/mol. The van der Waals surface area contributed by atoms with Gasteiger partial charge in [0.15, 0.2) is 5.16 Å². The van der Waals surface area contributed by atoms with Crippen molar-refractivity contribution in [3.05, 3.63) is 48.3 Å². The molecule has 0 saturated carbocycles. The summed E-state index contributed by atoms with van der Waals surface area (Å²) < 4.78 is 12.2. The van der Waals surface area contributed by atoms with Crippen LogP contribution < -0.4 is 5.46 Å². The summed E-state index contributed by atoms with van der Waals surface area (Å²) in [6.45, 7) is 8.28. The topological polar surface area (TPSA) is 44.2 Å². The molecule has 2 aromatic rings. The molecule has 120 valence electrons. The molecule has 3 rings (SSSR count). The van der Waals surface area contributed by atoms with Crippen molar-refractivity contribution in [1.29, 1.82) is 0 Å². The van der Waals surface area contributed by atoms with Crippen LogP contribution in [0, 0.1) is 0 Å². The molecule has 1 fully saturated rings. The summed E-state index contributed by atoms with van der Waals surface area (Å²) in [5.74, 6) is 0.817. The fourth-order valence-electron chi connectivity index (χ4n) is 2.32. The number of benzene rings is 1. The predicted octanol–water partition coefficient (Wildman–Crippen LogP) is 3.07. The first-order chi connectivity index (χ1) is 10.9. The number of aromatic nitrogens is 2. The van der Waals surface area contributed by atoms with Crippen molar-refractivity contribution in [1.82, 2.24) is 9.97 Å². The Morgan fingerprint density at radius 3 is 2.30 bits per heavy atom. The third kappa shape index (κ3) is 3.60. The van der Waals surface area contributed by atoms with E-state index in [0.29, 0.717) is 0 Å². The van der Waals surface area contributed by atoms with Gasteiger partial charge in [0.2, 0.25) is 0 Å². The molecule has 0 N–H and O–H groups in total. The third-order valence-electron chi connectivity index (χ3n) is 4.39. The SMILES string of the molecule is CC1(C)OB(c2cccc(CSc3ncccn3)c2)OC1(C)C. The Kier molecular flexibility index (Phi) is 4.49. The Morgan fingerprint density at radius 1 is 1.00 bits per heavy atom. The minimum Gasteiger partial charge on any atom is -0.399 e.